The number of guanidine groups is 1. The molecule has 1 unspecified atom stereocenters. The van der Waals surface area contributed by atoms with E-state index in [2.05, 4.69) is 25.6 Å². The molecule has 0 bridgehead atoms. The van der Waals surface area contributed by atoms with E-state index in [-0.39, 0.29) is 30.0 Å². The van der Waals surface area contributed by atoms with Crippen LogP contribution in [0, 0.1) is 6.92 Å². The van der Waals surface area contributed by atoms with Crippen LogP contribution in [0.1, 0.15) is 36.8 Å². The molecule has 0 aliphatic heterocycles. The summed E-state index contributed by atoms with van der Waals surface area (Å²) < 4.78 is 1.94. The number of aliphatic imine (C=N–C) groups is 1. The van der Waals surface area contributed by atoms with Crippen molar-refractivity contribution < 1.29 is 0 Å². The fourth-order valence-electron chi connectivity index (χ4n) is 2.90. The lowest BCUT2D eigenvalue weighted by molar-refractivity contribution is 0.686. The SMILES string of the molecule is CCNC(=NCc1ccc(-n2ccnc2C)nc1)NC(C)c1ccc(Cl)cc1Cl.I. The predicted molar refractivity (Wildman–Crippen MR) is 134 cm³/mol. The van der Waals surface area contributed by atoms with Gasteiger partial charge < -0.3 is 10.6 Å². The van der Waals surface area contributed by atoms with Gasteiger partial charge in [0.25, 0.3) is 0 Å². The Bertz CT molecular complexity index is 987. The highest BCUT2D eigenvalue weighted by molar-refractivity contribution is 14.0. The van der Waals surface area contributed by atoms with Crippen molar-refractivity contribution in [3.8, 4) is 5.82 Å². The first-order valence-corrected chi connectivity index (χ1v) is 10.2. The summed E-state index contributed by atoms with van der Waals surface area (Å²) in [6.07, 6.45) is 5.49. The average Bonchev–Trinajstić information content (AvgIpc) is 3.12. The molecule has 1 atom stereocenters. The predicted octanol–water partition coefficient (Wildman–Crippen LogP) is 5.32. The Hall–Kier alpha value is -1.84. The molecule has 0 aliphatic rings. The van der Waals surface area contributed by atoms with Gasteiger partial charge in [0.2, 0.25) is 0 Å². The lowest BCUT2D eigenvalue weighted by Gasteiger charge is -2.19. The standard InChI is InChI=1S/C21H24Cl2N6.HI/c1-4-24-21(28-14(2)18-7-6-17(22)11-19(18)23)27-13-16-5-8-20(26-12-16)29-10-9-25-15(29)3;/h5-12,14H,4,13H2,1-3H3,(H2,24,27,28);1H. The Morgan fingerprint density at radius 1 is 1.20 bits per heavy atom. The van der Waals surface area contributed by atoms with Crippen LogP contribution in [-0.2, 0) is 6.54 Å². The van der Waals surface area contributed by atoms with Gasteiger partial charge in [0.1, 0.15) is 11.6 Å². The van der Waals surface area contributed by atoms with Crippen LogP contribution in [0.25, 0.3) is 5.82 Å². The third kappa shape index (κ3) is 6.33. The van der Waals surface area contributed by atoms with Crippen LogP contribution >= 0.6 is 47.2 Å². The number of nitrogens with zero attached hydrogens (tertiary/aromatic N) is 4. The van der Waals surface area contributed by atoms with Gasteiger partial charge in [-0.15, -0.1) is 24.0 Å². The number of halogens is 3. The van der Waals surface area contributed by atoms with Gasteiger partial charge in [0, 0.05) is 35.2 Å². The molecule has 0 fully saturated rings. The number of aryl methyl sites for hydroxylation is 1. The Balaban J connectivity index is 0.00000320. The maximum Gasteiger partial charge on any atom is 0.192 e. The summed E-state index contributed by atoms with van der Waals surface area (Å²) >= 11 is 12.3. The Morgan fingerprint density at radius 2 is 2.00 bits per heavy atom. The molecule has 1 aromatic carbocycles. The molecule has 2 N–H and O–H groups in total. The molecule has 3 aromatic rings. The molecule has 9 heteroatoms. The molecule has 0 amide bonds. The molecule has 0 saturated heterocycles. The summed E-state index contributed by atoms with van der Waals surface area (Å²) in [5, 5.41) is 7.89. The van der Waals surface area contributed by atoms with Gasteiger partial charge in [-0.25, -0.2) is 15.0 Å². The van der Waals surface area contributed by atoms with Crippen LogP contribution in [0.2, 0.25) is 10.0 Å². The van der Waals surface area contributed by atoms with E-state index in [0.717, 1.165) is 29.3 Å². The molecule has 160 valence electrons. The van der Waals surface area contributed by atoms with Crippen molar-refractivity contribution in [1.29, 1.82) is 0 Å². The number of hydrogen-bond donors (Lipinski definition) is 2. The van der Waals surface area contributed by atoms with Gasteiger partial charge >= 0.3 is 0 Å². The zero-order valence-electron chi connectivity index (χ0n) is 17.1. The quantitative estimate of drug-likeness (QED) is 0.244. The van der Waals surface area contributed by atoms with Crippen LogP contribution in [0.15, 0.2) is 53.9 Å². The number of hydrogen-bond acceptors (Lipinski definition) is 3. The number of imidazole rings is 1. The second kappa shape index (κ2) is 11.5. The molecule has 0 radical (unpaired) electrons. The van der Waals surface area contributed by atoms with E-state index in [4.69, 9.17) is 23.2 Å². The molecule has 2 aromatic heterocycles. The highest BCUT2D eigenvalue weighted by Gasteiger charge is 2.12. The summed E-state index contributed by atoms with van der Waals surface area (Å²) in [4.78, 5) is 13.4. The van der Waals surface area contributed by atoms with E-state index in [1.165, 1.54) is 0 Å². The molecule has 6 nitrogen and oxygen atoms in total. The van der Waals surface area contributed by atoms with Crippen LogP contribution in [0.5, 0.6) is 0 Å². The van der Waals surface area contributed by atoms with E-state index in [1.54, 1.807) is 12.3 Å². The van der Waals surface area contributed by atoms with E-state index < -0.39 is 0 Å². The fourth-order valence-corrected chi connectivity index (χ4v) is 3.47. The average molecular weight is 559 g/mol. The maximum atomic E-state index is 6.33. The zero-order valence-corrected chi connectivity index (χ0v) is 20.9. The summed E-state index contributed by atoms with van der Waals surface area (Å²) in [6, 6.07) is 9.47. The van der Waals surface area contributed by atoms with Crippen LogP contribution in [0.4, 0.5) is 0 Å². The van der Waals surface area contributed by atoms with E-state index in [0.29, 0.717) is 22.5 Å². The second-order valence-corrected chi connectivity index (χ2v) is 7.44. The smallest absolute Gasteiger partial charge is 0.192 e. The lowest BCUT2D eigenvalue weighted by Crippen LogP contribution is -2.38. The molecule has 0 aliphatic carbocycles. The van der Waals surface area contributed by atoms with Crippen molar-refractivity contribution in [1.82, 2.24) is 25.2 Å². The van der Waals surface area contributed by atoms with Gasteiger partial charge in [0.05, 0.1) is 12.6 Å². The van der Waals surface area contributed by atoms with Gasteiger partial charge in [-0.1, -0.05) is 35.3 Å². The minimum atomic E-state index is -0.0257. The van der Waals surface area contributed by atoms with Crippen molar-refractivity contribution >= 4 is 53.1 Å². The first kappa shape index (κ1) is 24.4. The molecular weight excluding hydrogens is 534 g/mol. The maximum absolute atomic E-state index is 6.33. The van der Waals surface area contributed by atoms with Crippen LogP contribution in [-0.4, -0.2) is 27.0 Å². The summed E-state index contributed by atoms with van der Waals surface area (Å²) in [6.45, 7) is 7.27. The van der Waals surface area contributed by atoms with Crippen LogP contribution in [0.3, 0.4) is 0 Å². The molecular formula is C21H25Cl2IN6. The summed E-state index contributed by atoms with van der Waals surface area (Å²) in [5.74, 6) is 2.45. The second-order valence-electron chi connectivity index (χ2n) is 6.60. The van der Waals surface area contributed by atoms with Gasteiger partial charge in [-0.05, 0) is 50.1 Å². The third-order valence-electron chi connectivity index (χ3n) is 4.43. The van der Waals surface area contributed by atoms with E-state index in [9.17, 15) is 0 Å². The van der Waals surface area contributed by atoms with E-state index in [1.807, 2.05) is 62.0 Å². The van der Waals surface area contributed by atoms with Crippen LogP contribution < -0.4 is 10.6 Å². The third-order valence-corrected chi connectivity index (χ3v) is 4.99. The number of aromatic nitrogens is 3. The number of pyridine rings is 1. The van der Waals surface area contributed by atoms with Crippen molar-refractivity contribution in [3.63, 3.8) is 0 Å². The molecule has 2 heterocycles. The van der Waals surface area contributed by atoms with E-state index >= 15 is 0 Å². The van der Waals surface area contributed by atoms with Crippen molar-refractivity contribution in [2.75, 3.05) is 6.54 Å². The van der Waals surface area contributed by atoms with Crippen molar-refractivity contribution in [2.45, 2.75) is 33.4 Å². The first-order chi connectivity index (χ1) is 14.0. The minimum Gasteiger partial charge on any atom is -0.357 e. The number of rotatable bonds is 6. The highest BCUT2D eigenvalue weighted by atomic mass is 127. The van der Waals surface area contributed by atoms with Gasteiger partial charge in [-0.2, -0.15) is 0 Å². The Labute approximate surface area is 204 Å². The normalized spacial score (nSPS) is 12.2. The fraction of sp³-hybridized carbons (Fsp3) is 0.286. The Kier molecular flexibility index (Phi) is 9.38. The topological polar surface area (TPSA) is 67.1 Å². The number of nitrogens with one attached hydrogen (secondary N) is 2. The summed E-state index contributed by atoms with van der Waals surface area (Å²) in [5.41, 5.74) is 1.98. The highest BCUT2D eigenvalue weighted by Crippen LogP contribution is 2.26. The summed E-state index contributed by atoms with van der Waals surface area (Å²) in [7, 11) is 0. The molecule has 0 saturated carbocycles. The monoisotopic (exact) mass is 558 g/mol. The largest absolute Gasteiger partial charge is 0.357 e. The van der Waals surface area contributed by atoms with Crippen molar-refractivity contribution in [2.24, 2.45) is 4.99 Å². The first-order valence-electron chi connectivity index (χ1n) is 9.43. The molecule has 3 rings (SSSR count). The molecule has 30 heavy (non-hydrogen) atoms. The Morgan fingerprint density at radius 3 is 2.60 bits per heavy atom. The van der Waals surface area contributed by atoms with Gasteiger partial charge in [-0.3, -0.25) is 4.57 Å². The van der Waals surface area contributed by atoms with Gasteiger partial charge in [0.15, 0.2) is 5.96 Å². The zero-order chi connectivity index (χ0) is 20.8. The van der Waals surface area contributed by atoms with Crippen molar-refractivity contribution in [3.05, 3.63) is 75.9 Å². The minimum absolute atomic E-state index is 0. The number of benzene rings is 1. The lowest BCUT2D eigenvalue weighted by atomic mass is 10.1. The molecule has 0 spiro atoms.